The molecule has 0 atom stereocenters. The van der Waals surface area contributed by atoms with Crippen molar-refractivity contribution in [3.63, 3.8) is 0 Å². The van der Waals surface area contributed by atoms with E-state index in [0.717, 1.165) is 11.8 Å². The lowest BCUT2D eigenvalue weighted by Crippen LogP contribution is -2.22. The quantitative estimate of drug-likeness (QED) is 0.541. The van der Waals surface area contributed by atoms with Crippen LogP contribution < -0.4 is 9.47 Å². The number of hydrogen-bond acceptors (Lipinski definition) is 6. The standard InChI is InChI=1S/C14H16F2N4O4/c1-18(9-19-8-11(6-17-19)20(21)22)7-10-3-4-12(23-2)13(5-10)24-14(15)16/h3-6,8,14H,7,9H2,1-2H3. The molecule has 0 bridgehead atoms. The highest BCUT2D eigenvalue weighted by Crippen LogP contribution is 2.29. The number of methoxy groups -OCH3 is 1. The van der Waals surface area contributed by atoms with E-state index in [9.17, 15) is 18.9 Å². The summed E-state index contributed by atoms with van der Waals surface area (Å²) in [6.45, 7) is -2.25. The van der Waals surface area contributed by atoms with Crippen molar-refractivity contribution in [2.75, 3.05) is 14.2 Å². The molecule has 2 aromatic rings. The van der Waals surface area contributed by atoms with Crippen LogP contribution in [0.15, 0.2) is 30.6 Å². The van der Waals surface area contributed by atoms with Crippen molar-refractivity contribution in [2.45, 2.75) is 19.8 Å². The van der Waals surface area contributed by atoms with Gasteiger partial charge in [-0.2, -0.15) is 13.9 Å². The zero-order chi connectivity index (χ0) is 17.7. The Morgan fingerprint density at radius 2 is 2.17 bits per heavy atom. The van der Waals surface area contributed by atoms with Gasteiger partial charge < -0.3 is 9.47 Å². The van der Waals surface area contributed by atoms with Crippen LogP contribution in [0.1, 0.15) is 5.56 Å². The molecule has 0 fully saturated rings. The number of aromatic nitrogens is 2. The molecular formula is C14H16F2N4O4. The van der Waals surface area contributed by atoms with Gasteiger partial charge in [0.25, 0.3) is 0 Å². The van der Waals surface area contributed by atoms with E-state index in [2.05, 4.69) is 9.84 Å². The molecule has 1 aromatic carbocycles. The maximum atomic E-state index is 12.4. The van der Waals surface area contributed by atoms with Crippen molar-refractivity contribution in [3.8, 4) is 11.5 Å². The van der Waals surface area contributed by atoms with E-state index >= 15 is 0 Å². The van der Waals surface area contributed by atoms with Gasteiger partial charge in [-0.1, -0.05) is 6.07 Å². The highest BCUT2D eigenvalue weighted by molar-refractivity contribution is 5.43. The summed E-state index contributed by atoms with van der Waals surface area (Å²) in [7, 11) is 3.13. The smallest absolute Gasteiger partial charge is 0.387 e. The molecule has 0 amide bonds. The second-order valence-corrected chi connectivity index (χ2v) is 5.01. The van der Waals surface area contributed by atoms with Gasteiger partial charge in [0.1, 0.15) is 12.4 Å². The number of halogens is 2. The van der Waals surface area contributed by atoms with Crippen molar-refractivity contribution in [1.82, 2.24) is 14.7 Å². The average molecular weight is 342 g/mol. The maximum Gasteiger partial charge on any atom is 0.387 e. The largest absolute Gasteiger partial charge is 0.493 e. The Morgan fingerprint density at radius 3 is 2.75 bits per heavy atom. The second kappa shape index (κ2) is 7.68. The molecule has 1 heterocycles. The summed E-state index contributed by atoms with van der Waals surface area (Å²) in [6, 6.07) is 4.73. The van der Waals surface area contributed by atoms with Crippen molar-refractivity contribution in [2.24, 2.45) is 0 Å². The SMILES string of the molecule is COc1ccc(CN(C)Cn2cc([N+](=O)[O-])cn2)cc1OC(F)F. The molecule has 2 rings (SSSR count). The minimum Gasteiger partial charge on any atom is -0.493 e. The predicted molar refractivity (Wildman–Crippen MR) is 80.0 cm³/mol. The molecule has 10 heteroatoms. The van der Waals surface area contributed by atoms with Gasteiger partial charge in [-0.05, 0) is 24.7 Å². The molecule has 0 saturated heterocycles. The number of ether oxygens (including phenoxy) is 2. The van der Waals surface area contributed by atoms with E-state index in [-0.39, 0.29) is 17.2 Å². The molecule has 0 aliphatic heterocycles. The highest BCUT2D eigenvalue weighted by Gasteiger charge is 2.13. The van der Waals surface area contributed by atoms with Crippen LogP contribution >= 0.6 is 0 Å². The fourth-order valence-electron chi connectivity index (χ4n) is 2.14. The molecule has 0 saturated carbocycles. The van der Waals surface area contributed by atoms with Crippen molar-refractivity contribution in [1.29, 1.82) is 0 Å². The van der Waals surface area contributed by atoms with E-state index < -0.39 is 11.5 Å². The average Bonchev–Trinajstić information content (AvgIpc) is 2.95. The summed E-state index contributed by atoms with van der Waals surface area (Å²) in [5.41, 5.74) is 0.621. The first-order valence-corrected chi connectivity index (χ1v) is 6.86. The van der Waals surface area contributed by atoms with Crippen molar-refractivity contribution >= 4 is 5.69 Å². The summed E-state index contributed by atoms with van der Waals surface area (Å²) < 4.78 is 35.7. The molecule has 0 radical (unpaired) electrons. The Kier molecular flexibility index (Phi) is 5.64. The number of rotatable bonds is 8. The van der Waals surface area contributed by atoms with Crippen LogP contribution in [0.25, 0.3) is 0 Å². The van der Waals surface area contributed by atoms with Crippen LogP contribution in [-0.2, 0) is 13.2 Å². The van der Waals surface area contributed by atoms with Crippen LogP contribution in [0.5, 0.6) is 11.5 Å². The van der Waals surface area contributed by atoms with Gasteiger partial charge in [0.2, 0.25) is 0 Å². The van der Waals surface area contributed by atoms with E-state index in [4.69, 9.17) is 4.74 Å². The minimum absolute atomic E-state index is 0.0480. The maximum absolute atomic E-state index is 12.4. The molecule has 0 spiro atoms. The van der Waals surface area contributed by atoms with Gasteiger partial charge in [-0.3, -0.25) is 19.7 Å². The Labute approximate surface area is 136 Å². The third kappa shape index (κ3) is 4.62. The molecule has 0 unspecified atom stereocenters. The van der Waals surface area contributed by atoms with Crippen LogP contribution in [-0.4, -0.2) is 40.4 Å². The first kappa shape index (κ1) is 17.6. The summed E-state index contributed by atoms with van der Waals surface area (Å²) >= 11 is 0. The van der Waals surface area contributed by atoms with Gasteiger partial charge in [0.05, 0.1) is 18.7 Å². The lowest BCUT2D eigenvalue weighted by atomic mass is 10.2. The number of nitro groups is 1. The zero-order valence-electron chi connectivity index (χ0n) is 13.1. The van der Waals surface area contributed by atoms with Gasteiger partial charge in [-0.25, -0.2) is 0 Å². The van der Waals surface area contributed by atoms with Crippen molar-refractivity contribution < 1.29 is 23.2 Å². The third-order valence-corrected chi connectivity index (χ3v) is 3.11. The number of benzene rings is 1. The van der Waals surface area contributed by atoms with Crippen LogP contribution in [0.4, 0.5) is 14.5 Å². The Morgan fingerprint density at radius 1 is 1.42 bits per heavy atom. The zero-order valence-corrected chi connectivity index (χ0v) is 13.1. The second-order valence-electron chi connectivity index (χ2n) is 5.01. The summed E-state index contributed by atoms with van der Waals surface area (Å²) in [6.07, 6.45) is 2.48. The topological polar surface area (TPSA) is 82.7 Å². The Hall–Kier alpha value is -2.75. The van der Waals surface area contributed by atoms with E-state index in [0.29, 0.717) is 13.2 Å². The van der Waals surface area contributed by atoms with E-state index in [1.165, 1.54) is 24.1 Å². The highest BCUT2D eigenvalue weighted by atomic mass is 19.3. The van der Waals surface area contributed by atoms with Crippen LogP contribution in [0.3, 0.4) is 0 Å². The van der Waals surface area contributed by atoms with Crippen LogP contribution in [0, 0.1) is 10.1 Å². The summed E-state index contributed by atoms with van der Waals surface area (Å²) in [5.74, 6) is 0.164. The first-order chi connectivity index (χ1) is 11.4. The molecule has 0 N–H and O–H groups in total. The van der Waals surface area contributed by atoms with E-state index in [1.807, 2.05) is 4.90 Å². The number of hydrogen-bond donors (Lipinski definition) is 0. The van der Waals surface area contributed by atoms with Gasteiger partial charge >= 0.3 is 12.3 Å². The molecule has 1 aromatic heterocycles. The molecule has 24 heavy (non-hydrogen) atoms. The molecule has 130 valence electrons. The monoisotopic (exact) mass is 342 g/mol. The minimum atomic E-state index is -2.95. The summed E-state index contributed by atoms with van der Waals surface area (Å²) in [5, 5.41) is 14.5. The molecule has 8 nitrogen and oxygen atoms in total. The predicted octanol–water partition coefficient (Wildman–Crippen LogP) is 2.49. The van der Waals surface area contributed by atoms with Gasteiger partial charge in [-0.15, -0.1) is 0 Å². The Bertz CT molecular complexity index is 708. The molecule has 0 aliphatic carbocycles. The number of nitrogens with zero attached hydrogens (tertiary/aromatic N) is 4. The van der Waals surface area contributed by atoms with Gasteiger partial charge in [0, 0.05) is 6.54 Å². The lowest BCUT2D eigenvalue weighted by Gasteiger charge is -2.18. The number of alkyl halides is 2. The van der Waals surface area contributed by atoms with E-state index in [1.54, 1.807) is 19.2 Å². The van der Waals surface area contributed by atoms with Crippen molar-refractivity contribution in [3.05, 3.63) is 46.3 Å². The Balaban J connectivity index is 2.04. The lowest BCUT2D eigenvalue weighted by molar-refractivity contribution is -0.385. The van der Waals surface area contributed by atoms with Crippen LogP contribution in [0.2, 0.25) is 0 Å². The first-order valence-electron chi connectivity index (χ1n) is 6.86. The fourth-order valence-corrected chi connectivity index (χ4v) is 2.14. The molecule has 0 aliphatic rings. The molecular weight excluding hydrogens is 326 g/mol. The third-order valence-electron chi connectivity index (χ3n) is 3.11. The fraction of sp³-hybridized carbons (Fsp3) is 0.357. The normalized spacial score (nSPS) is 11.1. The summed E-state index contributed by atoms with van der Waals surface area (Å²) in [4.78, 5) is 11.9. The van der Waals surface area contributed by atoms with Gasteiger partial charge in [0.15, 0.2) is 11.5 Å².